The van der Waals surface area contributed by atoms with Crippen molar-refractivity contribution >= 4 is 17.7 Å². The van der Waals surface area contributed by atoms with Crippen LogP contribution in [-0.2, 0) is 4.79 Å². The molecule has 0 aromatic heterocycles. The van der Waals surface area contributed by atoms with Gasteiger partial charge in [-0.25, -0.2) is 0 Å². The molecule has 1 aliphatic carbocycles. The predicted molar refractivity (Wildman–Crippen MR) is 79.7 cm³/mol. The van der Waals surface area contributed by atoms with E-state index in [0.29, 0.717) is 11.3 Å². The summed E-state index contributed by atoms with van der Waals surface area (Å²) in [5.74, 6) is 1.69. The molecule has 4 heteroatoms. The lowest BCUT2D eigenvalue weighted by molar-refractivity contribution is -0.124. The minimum atomic E-state index is -0.536. The van der Waals surface area contributed by atoms with E-state index in [1.54, 1.807) is 0 Å². The minimum Gasteiger partial charge on any atom is -0.368 e. The number of hydrogen-bond donors (Lipinski definition) is 2. The number of carbonyl (C=O) groups is 1. The van der Waals surface area contributed by atoms with Crippen LogP contribution in [0.25, 0.3) is 0 Å². The highest BCUT2D eigenvalue weighted by Crippen LogP contribution is 2.28. The summed E-state index contributed by atoms with van der Waals surface area (Å²) in [6.45, 7) is 8.63. The van der Waals surface area contributed by atoms with E-state index in [9.17, 15) is 4.79 Å². The Morgan fingerprint density at radius 3 is 2.50 bits per heavy atom. The fraction of sp³-hybridized carbons (Fsp3) is 0.929. The van der Waals surface area contributed by atoms with Gasteiger partial charge in [0.05, 0.1) is 5.54 Å². The highest BCUT2D eigenvalue weighted by atomic mass is 32.2. The first-order valence-electron chi connectivity index (χ1n) is 7.02. The van der Waals surface area contributed by atoms with Crippen LogP contribution in [-0.4, -0.2) is 28.5 Å². The van der Waals surface area contributed by atoms with Crippen LogP contribution in [0.4, 0.5) is 0 Å². The van der Waals surface area contributed by atoms with E-state index in [1.807, 2.05) is 18.7 Å². The number of nitrogens with two attached hydrogens (primary N) is 1. The molecule has 0 aliphatic heterocycles. The zero-order chi connectivity index (χ0) is 13.8. The van der Waals surface area contributed by atoms with E-state index < -0.39 is 5.54 Å². The quantitative estimate of drug-likeness (QED) is 0.678. The maximum atomic E-state index is 11.7. The molecule has 0 saturated heterocycles. The summed E-state index contributed by atoms with van der Waals surface area (Å²) >= 11 is 1.95. The molecule has 1 saturated carbocycles. The van der Waals surface area contributed by atoms with Crippen LogP contribution in [0, 0.1) is 5.92 Å². The molecule has 0 aromatic rings. The first-order valence-corrected chi connectivity index (χ1v) is 8.07. The van der Waals surface area contributed by atoms with Crippen molar-refractivity contribution < 1.29 is 4.79 Å². The van der Waals surface area contributed by atoms with Gasteiger partial charge in [-0.05, 0) is 44.3 Å². The molecule has 2 unspecified atom stereocenters. The van der Waals surface area contributed by atoms with E-state index in [1.165, 1.54) is 19.3 Å². The molecule has 2 atom stereocenters. The van der Waals surface area contributed by atoms with Gasteiger partial charge in [0.25, 0.3) is 0 Å². The van der Waals surface area contributed by atoms with Gasteiger partial charge >= 0.3 is 0 Å². The van der Waals surface area contributed by atoms with Crippen molar-refractivity contribution in [1.82, 2.24) is 5.32 Å². The van der Waals surface area contributed by atoms with Crippen LogP contribution >= 0.6 is 11.8 Å². The van der Waals surface area contributed by atoms with Gasteiger partial charge in [-0.15, -0.1) is 0 Å². The fourth-order valence-corrected chi connectivity index (χ4v) is 3.51. The summed E-state index contributed by atoms with van der Waals surface area (Å²) in [6.07, 6.45) is 4.41. The van der Waals surface area contributed by atoms with E-state index >= 15 is 0 Å². The van der Waals surface area contributed by atoms with Crippen LogP contribution in [0.2, 0.25) is 0 Å². The highest BCUT2D eigenvalue weighted by Gasteiger charge is 2.37. The highest BCUT2D eigenvalue weighted by molar-refractivity contribution is 7.99. The number of thioether (sulfide) groups is 1. The average Bonchev–Trinajstić information content (AvgIpc) is 3.00. The Labute approximate surface area is 116 Å². The zero-order valence-corrected chi connectivity index (χ0v) is 13.0. The number of rotatable bonds is 9. The lowest BCUT2D eigenvalue weighted by atomic mass is 9.95. The van der Waals surface area contributed by atoms with Crippen LogP contribution < -0.4 is 11.1 Å². The second kappa shape index (κ2) is 6.80. The summed E-state index contributed by atoms with van der Waals surface area (Å²) in [5.41, 5.74) is 5.03. The molecule has 3 N–H and O–H groups in total. The summed E-state index contributed by atoms with van der Waals surface area (Å²) in [4.78, 5) is 11.7. The number of hydrogen-bond acceptors (Lipinski definition) is 3. The molecule has 0 bridgehead atoms. The maximum absolute atomic E-state index is 11.7. The number of primary amides is 1. The lowest BCUT2D eigenvalue weighted by Gasteiger charge is -2.30. The number of amides is 1. The van der Waals surface area contributed by atoms with Crippen molar-refractivity contribution in [2.75, 3.05) is 5.75 Å². The molecule has 0 radical (unpaired) electrons. The van der Waals surface area contributed by atoms with Crippen molar-refractivity contribution in [3.8, 4) is 0 Å². The fourth-order valence-electron chi connectivity index (χ4n) is 2.05. The van der Waals surface area contributed by atoms with E-state index in [0.717, 1.165) is 18.1 Å². The summed E-state index contributed by atoms with van der Waals surface area (Å²) in [7, 11) is 0. The Bertz CT molecular complexity index is 279. The van der Waals surface area contributed by atoms with Crippen molar-refractivity contribution in [3.63, 3.8) is 0 Å². The SMILES string of the molecule is CC(C)CCSC(C)CC(C)(NC1CC1)C(N)=O. The van der Waals surface area contributed by atoms with Crippen LogP contribution in [0.15, 0.2) is 0 Å². The average molecular weight is 272 g/mol. The Balaban J connectivity index is 2.37. The molecule has 0 heterocycles. The van der Waals surface area contributed by atoms with Crippen LogP contribution in [0.5, 0.6) is 0 Å². The minimum absolute atomic E-state index is 0.217. The van der Waals surface area contributed by atoms with Gasteiger partial charge < -0.3 is 11.1 Å². The molecular formula is C14H28N2OS. The molecule has 0 aromatic carbocycles. The molecule has 1 amide bonds. The molecule has 106 valence electrons. The molecule has 1 fully saturated rings. The predicted octanol–water partition coefficient (Wildman–Crippen LogP) is 2.54. The van der Waals surface area contributed by atoms with Crippen molar-refractivity contribution in [1.29, 1.82) is 0 Å². The van der Waals surface area contributed by atoms with Gasteiger partial charge in [0.15, 0.2) is 0 Å². The lowest BCUT2D eigenvalue weighted by Crippen LogP contribution is -2.55. The maximum Gasteiger partial charge on any atom is 0.237 e. The number of nitrogens with one attached hydrogen (secondary N) is 1. The standard InChI is InChI=1S/C14H28N2OS/c1-10(2)7-8-18-11(3)9-14(4,13(15)17)16-12-5-6-12/h10-12,16H,5-9H2,1-4H3,(H2,15,17). The van der Waals surface area contributed by atoms with E-state index in [4.69, 9.17) is 5.73 Å². The Morgan fingerprint density at radius 2 is 2.06 bits per heavy atom. The van der Waals surface area contributed by atoms with Gasteiger partial charge in [0, 0.05) is 11.3 Å². The molecule has 1 rings (SSSR count). The normalized spacial score (nSPS) is 20.7. The van der Waals surface area contributed by atoms with Crippen molar-refractivity contribution in [3.05, 3.63) is 0 Å². The van der Waals surface area contributed by atoms with Crippen LogP contribution in [0.1, 0.15) is 53.4 Å². The Kier molecular flexibility index (Phi) is 5.99. The second-order valence-electron chi connectivity index (χ2n) is 6.18. The van der Waals surface area contributed by atoms with Crippen molar-refractivity contribution in [2.24, 2.45) is 11.7 Å². The van der Waals surface area contributed by atoms with Crippen LogP contribution in [0.3, 0.4) is 0 Å². The third-order valence-electron chi connectivity index (χ3n) is 3.44. The monoisotopic (exact) mass is 272 g/mol. The van der Waals surface area contributed by atoms with Gasteiger partial charge in [0.2, 0.25) is 5.91 Å². The third kappa shape index (κ3) is 5.61. The van der Waals surface area contributed by atoms with Crippen molar-refractivity contribution in [2.45, 2.75) is 70.2 Å². The molecule has 18 heavy (non-hydrogen) atoms. The second-order valence-corrected chi connectivity index (χ2v) is 7.73. The topological polar surface area (TPSA) is 55.1 Å². The largest absolute Gasteiger partial charge is 0.368 e. The molecule has 3 nitrogen and oxygen atoms in total. The first kappa shape index (κ1) is 15.8. The van der Waals surface area contributed by atoms with Gasteiger partial charge in [-0.2, -0.15) is 11.8 Å². The summed E-state index contributed by atoms with van der Waals surface area (Å²) < 4.78 is 0. The number of carbonyl (C=O) groups excluding carboxylic acids is 1. The Hall–Kier alpha value is -0.220. The van der Waals surface area contributed by atoms with Gasteiger partial charge in [0.1, 0.15) is 0 Å². The summed E-state index contributed by atoms with van der Waals surface area (Å²) in [6, 6.07) is 0.510. The third-order valence-corrected chi connectivity index (χ3v) is 4.64. The molecular weight excluding hydrogens is 244 g/mol. The Morgan fingerprint density at radius 1 is 1.44 bits per heavy atom. The first-order chi connectivity index (χ1) is 8.33. The van der Waals surface area contributed by atoms with E-state index in [-0.39, 0.29) is 5.91 Å². The molecule has 1 aliphatic rings. The molecule has 0 spiro atoms. The smallest absolute Gasteiger partial charge is 0.237 e. The van der Waals surface area contributed by atoms with Gasteiger partial charge in [-0.3, -0.25) is 4.79 Å². The van der Waals surface area contributed by atoms with E-state index in [2.05, 4.69) is 26.1 Å². The zero-order valence-electron chi connectivity index (χ0n) is 12.2. The van der Waals surface area contributed by atoms with Gasteiger partial charge in [-0.1, -0.05) is 20.8 Å². The summed E-state index contributed by atoms with van der Waals surface area (Å²) in [5, 5.41) is 3.87.